The molecule has 2 fully saturated rings. The van der Waals surface area contributed by atoms with Gasteiger partial charge in [0.15, 0.2) is 0 Å². The summed E-state index contributed by atoms with van der Waals surface area (Å²) < 4.78 is 32.6. The second kappa shape index (κ2) is 7.71. The van der Waals surface area contributed by atoms with Crippen LogP contribution in [-0.4, -0.2) is 58.6 Å². The number of nitrogens with zero attached hydrogens (tertiary/aromatic N) is 2. The average molecular weight is 419 g/mol. The van der Waals surface area contributed by atoms with Gasteiger partial charge in [0.2, 0.25) is 5.91 Å². The molecule has 0 aliphatic carbocycles. The van der Waals surface area contributed by atoms with E-state index < -0.39 is 17.5 Å². The summed E-state index contributed by atoms with van der Waals surface area (Å²) in [6.07, 6.45) is -0.118. The smallest absolute Gasteiger partial charge is 0.274 e. The molecule has 9 heteroatoms. The first-order valence-corrected chi connectivity index (χ1v) is 9.82. The van der Waals surface area contributed by atoms with Gasteiger partial charge in [0.1, 0.15) is 23.1 Å². The monoisotopic (exact) mass is 419 g/mol. The van der Waals surface area contributed by atoms with Gasteiger partial charge >= 0.3 is 0 Å². The van der Waals surface area contributed by atoms with Crippen molar-refractivity contribution >= 4 is 11.8 Å². The Morgan fingerprint density at radius 3 is 2.83 bits per heavy atom. The Kier molecular flexibility index (Phi) is 5.23. The molecule has 1 atom stereocenters. The standard InChI is InChI=1S/C21H23F2N3O4/c1-11(2)25-8-14-9-30-10-17-15(6-18(27)19(21(25)29)26(14)17)20(28)24-7-12-3-4-13(22)5-16(12)23/h3-5,11,14,27H,6-10H2,1-2H3,(H,24,28). The summed E-state index contributed by atoms with van der Waals surface area (Å²) in [5.41, 5.74) is 1.15. The van der Waals surface area contributed by atoms with E-state index in [1.54, 1.807) is 9.80 Å². The maximum absolute atomic E-state index is 13.9. The summed E-state index contributed by atoms with van der Waals surface area (Å²) >= 11 is 0. The van der Waals surface area contributed by atoms with Crippen molar-refractivity contribution < 1.29 is 28.2 Å². The molecule has 0 saturated carbocycles. The van der Waals surface area contributed by atoms with Gasteiger partial charge in [0.05, 0.1) is 25.0 Å². The van der Waals surface area contributed by atoms with Crippen LogP contribution in [0.4, 0.5) is 8.78 Å². The van der Waals surface area contributed by atoms with Crippen LogP contribution in [-0.2, 0) is 20.9 Å². The molecule has 0 bridgehead atoms. The molecular weight excluding hydrogens is 396 g/mol. The maximum Gasteiger partial charge on any atom is 0.274 e. The van der Waals surface area contributed by atoms with Crippen LogP contribution in [0, 0.1) is 11.6 Å². The fraction of sp³-hybridized carbons (Fsp3) is 0.429. The van der Waals surface area contributed by atoms with Gasteiger partial charge in [-0.05, 0) is 19.9 Å². The summed E-state index contributed by atoms with van der Waals surface area (Å²) in [7, 11) is 0. The number of hydrogen-bond acceptors (Lipinski definition) is 5. The lowest BCUT2D eigenvalue weighted by molar-refractivity contribution is -0.138. The van der Waals surface area contributed by atoms with E-state index >= 15 is 0 Å². The zero-order valence-electron chi connectivity index (χ0n) is 16.7. The van der Waals surface area contributed by atoms with Crippen LogP contribution in [0.25, 0.3) is 0 Å². The number of allylic oxidation sites excluding steroid dienone is 1. The van der Waals surface area contributed by atoms with Crippen LogP contribution in [0.1, 0.15) is 25.8 Å². The molecule has 0 aromatic heterocycles. The first-order valence-electron chi connectivity index (χ1n) is 9.82. The third-order valence-electron chi connectivity index (χ3n) is 5.63. The minimum Gasteiger partial charge on any atom is -0.510 e. The molecule has 0 radical (unpaired) electrons. The van der Waals surface area contributed by atoms with Crippen molar-refractivity contribution in [1.29, 1.82) is 0 Å². The third kappa shape index (κ3) is 3.43. The van der Waals surface area contributed by atoms with Crippen molar-refractivity contribution in [3.8, 4) is 0 Å². The van der Waals surface area contributed by atoms with Gasteiger partial charge in [-0.1, -0.05) is 6.07 Å². The van der Waals surface area contributed by atoms with Crippen molar-refractivity contribution in [1.82, 2.24) is 15.1 Å². The molecule has 1 aromatic carbocycles. The van der Waals surface area contributed by atoms with Gasteiger partial charge in [0, 0.05) is 42.8 Å². The van der Waals surface area contributed by atoms with E-state index in [1.165, 1.54) is 6.07 Å². The minimum atomic E-state index is -0.752. The quantitative estimate of drug-likeness (QED) is 0.780. The minimum absolute atomic E-state index is 0.0374. The van der Waals surface area contributed by atoms with Crippen molar-refractivity contribution in [2.24, 2.45) is 0 Å². The number of benzene rings is 1. The lowest BCUT2D eigenvalue weighted by Gasteiger charge is -2.50. The number of halogens is 2. The number of hydrogen-bond donors (Lipinski definition) is 2. The Morgan fingerprint density at radius 1 is 1.37 bits per heavy atom. The van der Waals surface area contributed by atoms with Gasteiger partial charge in [-0.25, -0.2) is 8.78 Å². The number of amides is 2. The van der Waals surface area contributed by atoms with E-state index in [9.17, 15) is 23.5 Å². The number of morpholine rings is 1. The summed E-state index contributed by atoms with van der Waals surface area (Å²) in [5.74, 6) is -2.39. The molecule has 7 nitrogen and oxygen atoms in total. The van der Waals surface area contributed by atoms with Gasteiger partial charge in [-0.3, -0.25) is 9.59 Å². The number of piperazine rings is 1. The summed E-state index contributed by atoms with van der Waals surface area (Å²) in [5, 5.41) is 13.3. The molecule has 3 heterocycles. The predicted molar refractivity (Wildman–Crippen MR) is 103 cm³/mol. The first-order chi connectivity index (χ1) is 14.3. The molecule has 3 aliphatic heterocycles. The molecule has 0 spiro atoms. The highest BCUT2D eigenvalue weighted by Crippen LogP contribution is 2.38. The number of nitrogens with one attached hydrogen (secondary N) is 1. The van der Waals surface area contributed by atoms with Crippen molar-refractivity contribution in [3.63, 3.8) is 0 Å². The number of carbonyl (C=O) groups excluding carboxylic acids is 2. The van der Waals surface area contributed by atoms with Crippen LogP contribution >= 0.6 is 0 Å². The number of aliphatic hydroxyl groups is 1. The van der Waals surface area contributed by atoms with E-state index in [-0.39, 0.29) is 60.2 Å². The Labute approximate surface area is 172 Å². The first kappa shape index (κ1) is 20.3. The van der Waals surface area contributed by atoms with Crippen LogP contribution in [0.2, 0.25) is 0 Å². The molecule has 3 aliphatic rings. The fourth-order valence-electron chi connectivity index (χ4n) is 4.11. The van der Waals surface area contributed by atoms with E-state index in [0.717, 1.165) is 12.1 Å². The Morgan fingerprint density at radius 2 is 2.13 bits per heavy atom. The highest BCUT2D eigenvalue weighted by atomic mass is 19.1. The van der Waals surface area contributed by atoms with Crippen molar-refractivity contribution in [2.45, 2.75) is 38.9 Å². The number of aliphatic hydroxyl groups excluding tert-OH is 1. The maximum atomic E-state index is 13.9. The van der Waals surface area contributed by atoms with E-state index in [0.29, 0.717) is 18.8 Å². The molecule has 160 valence electrons. The van der Waals surface area contributed by atoms with E-state index in [2.05, 4.69) is 5.32 Å². The Hall–Kier alpha value is -2.94. The highest BCUT2D eigenvalue weighted by Gasteiger charge is 2.46. The summed E-state index contributed by atoms with van der Waals surface area (Å²) in [6.45, 7) is 4.60. The van der Waals surface area contributed by atoms with Gasteiger partial charge in [-0.15, -0.1) is 0 Å². The zero-order valence-corrected chi connectivity index (χ0v) is 16.7. The Balaban J connectivity index is 1.59. The van der Waals surface area contributed by atoms with Gasteiger partial charge in [-0.2, -0.15) is 0 Å². The van der Waals surface area contributed by atoms with Gasteiger partial charge < -0.3 is 25.0 Å². The largest absolute Gasteiger partial charge is 0.510 e. The number of carbonyl (C=O) groups is 2. The second-order valence-corrected chi connectivity index (χ2v) is 7.91. The highest BCUT2D eigenvalue weighted by molar-refractivity contribution is 5.99. The Bertz CT molecular complexity index is 973. The summed E-state index contributed by atoms with van der Waals surface area (Å²) in [4.78, 5) is 29.2. The van der Waals surface area contributed by atoms with Crippen molar-refractivity contribution in [3.05, 3.63) is 58.1 Å². The molecule has 2 N–H and O–H groups in total. The van der Waals surface area contributed by atoms with Crippen LogP contribution < -0.4 is 5.32 Å². The SMILES string of the molecule is CC(C)N1CC2COCC3=C(C(=O)NCc4ccc(F)cc4F)CC(O)=C(C1=O)N32. The van der Waals surface area contributed by atoms with Crippen molar-refractivity contribution in [2.75, 3.05) is 19.8 Å². The van der Waals surface area contributed by atoms with Crippen LogP contribution in [0.5, 0.6) is 0 Å². The molecule has 1 aromatic rings. The molecular formula is C21H23F2N3O4. The average Bonchev–Trinajstić information content (AvgIpc) is 2.70. The van der Waals surface area contributed by atoms with Crippen LogP contribution in [0.3, 0.4) is 0 Å². The molecule has 4 rings (SSSR count). The number of ether oxygens (including phenoxy) is 1. The van der Waals surface area contributed by atoms with E-state index in [4.69, 9.17) is 4.74 Å². The summed E-state index contributed by atoms with van der Waals surface area (Å²) in [6, 6.07) is 2.90. The van der Waals surface area contributed by atoms with Crippen LogP contribution in [0.15, 0.2) is 40.9 Å². The number of rotatable bonds is 4. The normalized spacial score (nSPS) is 21.4. The molecule has 30 heavy (non-hydrogen) atoms. The van der Waals surface area contributed by atoms with Gasteiger partial charge in [0.25, 0.3) is 5.91 Å². The van der Waals surface area contributed by atoms with E-state index in [1.807, 2.05) is 13.8 Å². The zero-order chi connectivity index (χ0) is 21.6. The second-order valence-electron chi connectivity index (χ2n) is 7.91. The topological polar surface area (TPSA) is 82.1 Å². The lowest BCUT2D eigenvalue weighted by atomic mass is 9.94. The lowest BCUT2D eigenvalue weighted by Crippen LogP contribution is -2.61. The molecule has 2 saturated heterocycles. The molecule has 1 unspecified atom stereocenters. The predicted octanol–water partition coefficient (Wildman–Crippen LogP) is 1.96. The fourth-order valence-corrected chi connectivity index (χ4v) is 4.11. The molecule has 2 amide bonds. The third-order valence-corrected chi connectivity index (χ3v) is 5.63.